The Morgan fingerprint density at radius 3 is 2.67 bits per heavy atom. The first-order valence-electron chi connectivity index (χ1n) is 4.22. The molecule has 0 aromatic heterocycles. The van der Waals surface area contributed by atoms with Crippen molar-refractivity contribution in [2.24, 2.45) is 5.73 Å². The molecule has 1 aromatic rings. The maximum atomic E-state index is 11.7. The van der Waals surface area contributed by atoms with E-state index in [1.54, 1.807) is 12.1 Å². The summed E-state index contributed by atoms with van der Waals surface area (Å²) in [4.78, 5) is 11.0. The number of hydrogen-bond acceptors (Lipinski definition) is 3. The van der Waals surface area contributed by atoms with E-state index in [1.807, 2.05) is 0 Å². The van der Waals surface area contributed by atoms with Crippen molar-refractivity contribution in [1.82, 2.24) is 0 Å². The first-order valence-corrected chi connectivity index (χ1v) is 5.92. The number of rotatable bonds is 4. The van der Waals surface area contributed by atoms with Gasteiger partial charge in [0.15, 0.2) is 0 Å². The third-order valence-corrected chi connectivity index (χ3v) is 3.58. The van der Waals surface area contributed by atoms with E-state index in [0.717, 1.165) is 0 Å². The molecule has 1 aromatic carbocycles. The number of carbonyl (C=O) groups is 1. The van der Waals surface area contributed by atoms with Crippen LogP contribution in [0.15, 0.2) is 23.1 Å². The zero-order valence-electron chi connectivity index (χ0n) is 7.90. The summed E-state index contributed by atoms with van der Waals surface area (Å²) in [6.45, 7) is 0. The number of hydrogen-bond donors (Lipinski definition) is 2. The highest BCUT2D eigenvalue weighted by Crippen LogP contribution is 2.22. The van der Waals surface area contributed by atoms with Crippen LogP contribution in [0, 0.1) is 0 Å². The monoisotopic (exact) mass is 246 g/mol. The molecule has 0 fully saturated rings. The first kappa shape index (κ1) is 12.0. The van der Waals surface area contributed by atoms with Crippen LogP contribution in [0.2, 0.25) is 5.02 Å². The minimum Gasteiger partial charge on any atom is -0.399 e. The Morgan fingerprint density at radius 1 is 1.47 bits per heavy atom. The van der Waals surface area contributed by atoms with Crippen LogP contribution in [0.5, 0.6) is 0 Å². The van der Waals surface area contributed by atoms with Gasteiger partial charge in [-0.15, -0.1) is 0 Å². The minimum absolute atomic E-state index is 0.0767. The van der Waals surface area contributed by atoms with Crippen LogP contribution in [-0.2, 0) is 15.6 Å². The second-order valence-corrected chi connectivity index (χ2v) is 4.90. The molecule has 0 saturated carbocycles. The molecule has 0 bridgehead atoms. The predicted molar refractivity (Wildman–Crippen MR) is 61.0 cm³/mol. The van der Waals surface area contributed by atoms with Crippen molar-refractivity contribution >= 4 is 34.0 Å². The number of nitrogens with two attached hydrogens (primary N) is 2. The van der Waals surface area contributed by atoms with E-state index in [4.69, 9.17) is 23.1 Å². The number of anilines is 1. The minimum atomic E-state index is -1.31. The Labute approximate surface area is 95.0 Å². The van der Waals surface area contributed by atoms with E-state index in [2.05, 4.69) is 0 Å². The van der Waals surface area contributed by atoms with Crippen LogP contribution < -0.4 is 11.5 Å². The molecule has 1 unspecified atom stereocenters. The fourth-order valence-electron chi connectivity index (χ4n) is 1.00. The van der Waals surface area contributed by atoms with E-state index >= 15 is 0 Å². The van der Waals surface area contributed by atoms with Gasteiger partial charge < -0.3 is 11.5 Å². The number of primary amides is 1. The van der Waals surface area contributed by atoms with E-state index in [9.17, 15) is 9.00 Å². The topological polar surface area (TPSA) is 86.2 Å². The smallest absolute Gasteiger partial charge is 0.218 e. The predicted octanol–water partition coefficient (Wildman–Crippen LogP) is 0.905. The molecular weight excluding hydrogens is 236 g/mol. The third-order valence-electron chi connectivity index (χ3n) is 1.74. The molecule has 82 valence electrons. The molecule has 1 atom stereocenters. The van der Waals surface area contributed by atoms with Crippen LogP contribution in [0.4, 0.5) is 5.69 Å². The molecule has 0 aliphatic heterocycles. The van der Waals surface area contributed by atoms with Crippen molar-refractivity contribution in [2.45, 2.75) is 11.3 Å². The Balaban J connectivity index is 2.78. The first-order chi connectivity index (χ1) is 7.00. The lowest BCUT2D eigenvalue weighted by Gasteiger charge is -2.04. The number of halogens is 1. The highest BCUT2D eigenvalue weighted by Gasteiger charge is 2.09. The average molecular weight is 247 g/mol. The van der Waals surface area contributed by atoms with Crippen molar-refractivity contribution < 1.29 is 9.00 Å². The number of carbonyl (C=O) groups excluding carboxylic acids is 1. The summed E-state index contributed by atoms with van der Waals surface area (Å²) in [5, 5.41) is 0.345. The van der Waals surface area contributed by atoms with Gasteiger partial charge in [0, 0.05) is 17.9 Å². The Kier molecular flexibility index (Phi) is 4.11. The molecule has 0 aliphatic carbocycles. The molecule has 6 heteroatoms. The quantitative estimate of drug-likeness (QED) is 0.774. The van der Waals surface area contributed by atoms with Crippen molar-refractivity contribution in [3.8, 4) is 0 Å². The zero-order chi connectivity index (χ0) is 11.4. The van der Waals surface area contributed by atoms with Gasteiger partial charge in [-0.25, -0.2) is 0 Å². The molecule has 0 saturated heterocycles. The molecule has 1 rings (SSSR count). The Morgan fingerprint density at radius 2 is 2.13 bits per heavy atom. The van der Waals surface area contributed by atoms with E-state index in [0.29, 0.717) is 15.6 Å². The second-order valence-electron chi connectivity index (χ2n) is 2.96. The summed E-state index contributed by atoms with van der Waals surface area (Å²) in [6.07, 6.45) is 0.0767. The molecule has 0 aliphatic rings. The molecule has 0 radical (unpaired) electrons. The van der Waals surface area contributed by atoms with Gasteiger partial charge in [0.1, 0.15) is 0 Å². The number of nitrogen functional groups attached to an aromatic ring is 1. The summed E-state index contributed by atoms with van der Waals surface area (Å²) in [7, 11) is -1.31. The Bertz CT molecular complexity index is 409. The molecule has 1 amide bonds. The van der Waals surface area contributed by atoms with E-state index in [-0.39, 0.29) is 12.2 Å². The summed E-state index contributed by atoms with van der Waals surface area (Å²) in [6, 6.07) is 4.73. The van der Waals surface area contributed by atoms with Crippen molar-refractivity contribution in [3.05, 3.63) is 23.2 Å². The Hall–Kier alpha value is -1.07. The van der Waals surface area contributed by atoms with Crippen LogP contribution in [-0.4, -0.2) is 15.9 Å². The molecule has 4 N–H and O–H groups in total. The lowest BCUT2D eigenvalue weighted by atomic mass is 10.3. The van der Waals surface area contributed by atoms with Crippen molar-refractivity contribution in [2.75, 3.05) is 11.5 Å². The highest BCUT2D eigenvalue weighted by atomic mass is 35.5. The third kappa shape index (κ3) is 3.53. The maximum Gasteiger partial charge on any atom is 0.218 e. The average Bonchev–Trinajstić information content (AvgIpc) is 2.14. The molecule has 15 heavy (non-hydrogen) atoms. The maximum absolute atomic E-state index is 11.7. The van der Waals surface area contributed by atoms with Gasteiger partial charge in [0.2, 0.25) is 5.91 Å². The molecule has 0 heterocycles. The van der Waals surface area contributed by atoms with Crippen molar-refractivity contribution in [1.29, 1.82) is 0 Å². The van der Waals surface area contributed by atoms with Crippen molar-refractivity contribution in [3.63, 3.8) is 0 Å². The van der Waals surface area contributed by atoms with Gasteiger partial charge in [-0.05, 0) is 18.2 Å². The second kappa shape index (κ2) is 5.14. The summed E-state index contributed by atoms with van der Waals surface area (Å²) in [5.41, 5.74) is 11.0. The summed E-state index contributed by atoms with van der Waals surface area (Å²) in [5.74, 6) is -0.297. The largest absolute Gasteiger partial charge is 0.399 e. The van der Waals surface area contributed by atoms with Gasteiger partial charge in [0.25, 0.3) is 0 Å². The lowest BCUT2D eigenvalue weighted by Crippen LogP contribution is -2.14. The van der Waals surface area contributed by atoms with Gasteiger partial charge in [-0.2, -0.15) is 0 Å². The molecule has 4 nitrogen and oxygen atoms in total. The fraction of sp³-hybridized carbons (Fsp3) is 0.222. The van der Waals surface area contributed by atoms with Crippen LogP contribution in [0.25, 0.3) is 0 Å². The molecule has 0 spiro atoms. The number of benzene rings is 1. The lowest BCUT2D eigenvalue weighted by molar-refractivity contribution is -0.117. The molecular formula is C9H11ClN2O2S. The highest BCUT2D eigenvalue weighted by molar-refractivity contribution is 7.85. The van der Waals surface area contributed by atoms with E-state index in [1.165, 1.54) is 6.07 Å². The normalized spacial score (nSPS) is 12.3. The fourth-order valence-corrected chi connectivity index (χ4v) is 2.55. The van der Waals surface area contributed by atoms with Gasteiger partial charge in [0.05, 0.1) is 20.7 Å². The number of amides is 1. The zero-order valence-corrected chi connectivity index (χ0v) is 9.48. The van der Waals surface area contributed by atoms with E-state index < -0.39 is 16.7 Å². The van der Waals surface area contributed by atoms with Gasteiger partial charge in [-0.3, -0.25) is 9.00 Å². The van der Waals surface area contributed by atoms with Crippen LogP contribution >= 0.6 is 11.6 Å². The van der Waals surface area contributed by atoms with Crippen LogP contribution in [0.3, 0.4) is 0 Å². The SMILES string of the molecule is NC(=O)CCS(=O)c1ccc(N)cc1Cl. The van der Waals surface area contributed by atoms with Crippen LogP contribution in [0.1, 0.15) is 6.42 Å². The summed E-state index contributed by atoms with van der Waals surface area (Å²) >= 11 is 5.85. The standard InChI is InChI=1S/C9H11ClN2O2S/c10-7-5-6(11)1-2-8(7)15(14)4-3-9(12)13/h1-2,5H,3-4,11H2,(H2,12,13). The van der Waals surface area contributed by atoms with Gasteiger partial charge >= 0.3 is 0 Å². The summed E-state index contributed by atoms with van der Waals surface area (Å²) < 4.78 is 11.7. The van der Waals surface area contributed by atoms with Gasteiger partial charge in [-0.1, -0.05) is 11.6 Å².